The van der Waals surface area contributed by atoms with Crippen molar-refractivity contribution in [2.45, 2.75) is 26.7 Å². The predicted octanol–water partition coefficient (Wildman–Crippen LogP) is 2.61. The maximum Gasteiger partial charge on any atom is -0.0564 e. The standard InChI is InChI=1S/C4H10.C2H4/c1-3-4-2;1-2/h3-4H2,1-2H3;1-2H2. The topological polar surface area (TPSA) is 0 Å². The van der Waals surface area contributed by atoms with Gasteiger partial charge in [0, 0.05) is 0 Å². The molecule has 0 heterocycles. The number of unbranched alkanes of at least 4 members (excludes halogenated alkanes) is 1. The van der Waals surface area contributed by atoms with Gasteiger partial charge < -0.3 is 0 Å². The molecule has 0 aliphatic heterocycles. The van der Waals surface area contributed by atoms with E-state index in [-0.39, 0.29) is 0 Å². The van der Waals surface area contributed by atoms with Gasteiger partial charge in [-0.25, -0.2) is 0 Å². The monoisotopic (exact) mass is 86.1 g/mol. The summed E-state index contributed by atoms with van der Waals surface area (Å²) in [5.41, 5.74) is 0. The van der Waals surface area contributed by atoms with Crippen molar-refractivity contribution in [3.63, 3.8) is 0 Å². The molecule has 0 unspecified atom stereocenters. The highest BCUT2D eigenvalue weighted by Gasteiger charge is 1.56. The molecule has 0 saturated carbocycles. The Morgan fingerprint density at radius 1 is 1.00 bits per heavy atom. The average Bonchev–Trinajstić information content (AvgIpc) is 1.72. The van der Waals surface area contributed by atoms with Crippen molar-refractivity contribution in [2.75, 3.05) is 0 Å². The molecule has 0 nitrogen and oxygen atoms in total. The van der Waals surface area contributed by atoms with Crippen LogP contribution in [0.5, 0.6) is 0 Å². The van der Waals surface area contributed by atoms with Crippen molar-refractivity contribution in [1.29, 1.82) is 0 Å². The first-order valence-electron chi connectivity index (χ1n) is 2.41. The van der Waals surface area contributed by atoms with Crippen LogP contribution in [-0.4, -0.2) is 0 Å². The Kier molecular flexibility index (Phi) is 33.7. The summed E-state index contributed by atoms with van der Waals surface area (Å²) in [5, 5.41) is 0. The molecule has 38 valence electrons. The SMILES string of the molecule is C=C.CCCC. The van der Waals surface area contributed by atoms with Crippen molar-refractivity contribution < 1.29 is 0 Å². The van der Waals surface area contributed by atoms with E-state index >= 15 is 0 Å². The molecule has 0 aromatic heterocycles. The first kappa shape index (κ1) is 9.22. The Balaban J connectivity index is 0. The van der Waals surface area contributed by atoms with Crippen LogP contribution < -0.4 is 0 Å². The molecule has 0 aromatic rings. The van der Waals surface area contributed by atoms with Gasteiger partial charge in [0.2, 0.25) is 0 Å². The summed E-state index contributed by atoms with van der Waals surface area (Å²) in [5.74, 6) is 0. The highest BCUT2D eigenvalue weighted by Crippen LogP contribution is 1.76. The van der Waals surface area contributed by atoms with Gasteiger partial charge in [-0.05, 0) is 0 Å². The third-order valence-corrected chi connectivity index (χ3v) is 0.500. The van der Waals surface area contributed by atoms with Gasteiger partial charge in [0.15, 0.2) is 0 Å². The zero-order valence-corrected chi connectivity index (χ0v) is 4.83. The third-order valence-electron chi connectivity index (χ3n) is 0.500. The Bertz CT molecular complexity index is 7.51. The fraction of sp³-hybridized carbons (Fsp3) is 0.667. The van der Waals surface area contributed by atoms with E-state index in [1.807, 2.05) is 0 Å². The van der Waals surface area contributed by atoms with Gasteiger partial charge in [-0.3, -0.25) is 0 Å². The van der Waals surface area contributed by atoms with E-state index < -0.39 is 0 Å². The lowest BCUT2D eigenvalue weighted by molar-refractivity contribution is 0.886. The molecule has 0 amide bonds. The van der Waals surface area contributed by atoms with Gasteiger partial charge in [-0.2, -0.15) is 0 Å². The van der Waals surface area contributed by atoms with Gasteiger partial charge >= 0.3 is 0 Å². The molecule has 0 rings (SSSR count). The van der Waals surface area contributed by atoms with E-state index in [0.29, 0.717) is 0 Å². The van der Waals surface area contributed by atoms with Crippen molar-refractivity contribution in [2.24, 2.45) is 0 Å². The maximum atomic E-state index is 3.00. The minimum atomic E-state index is 1.32. The number of hydrogen-bond donors (Lipinski definition) is 0. The second kappa shape index (κ2) is 21.9. The van der Waals surface area contributed by atoms with Crippen LogP contribution in [0.1, 0.15) is 26.7 Å². The largest absolute Gasteiger partial charge is 0.106 e. The molecule has 6 heavy (non-hydrogen) atoms. The van der Waals surface area contributed by atoms with Crippen molar-refractivity contribution in [1.82, 2.24) is 0 Å². The molecule has 0 aromatic carbocycles. The molecule has 0 N–H and O–H groups in total. The summed E-state index contributed by atoms with van der Waals surface area (Å²) >= 11 is 0. The van der Waals surface area contributed by atoms with Gasteiger partial charge in [0.1, 0.15) is 0 Å². The highest BCUT2D eigenvalue weighted by atomic mass is 13.6. The van der Waals surface area contributed by atoms with Crippen LogP contribution in [0.2, 0.25) is 0 Å². The second-order valence-electron chi connectivity index (χ2n) is 1.000. The molecule has 0 fully saturated rings. The molecule has 0 heteroatoms. The van der Waals surface area contributed by atoms with Crippen LogP contribution in [0.4, 0.5) is 0 Å². The quantitative estimate of drug-likeness (QED) is 0.430. The molecule has 0 radical (unpaired) electrons. The maximum absolute atomic E-state index is 3.00. The van der Waals surface area contributed by atoms with Crippen molar-refractivity contribution in [3.8, 4) is 0 Å². The Hall–Kier alpha value is -0.260. The molecule has 0 atom stereocenters. The fourth-order valence-electron chi connectivity index (χ4n) is 0. The van der Waals surface area contributed by atoms with Crippen molar-refractivity contribution in [3.05, 3.63) is 13.2 Å². The summed E-state index contributed by atoms with van der Waals surface area (Å²) in [6, 6.07) is 0. The van der Waals surface area contributed by atoms with Gasteiger partial charge in [-0.1, -0.05) is 26.7 Å². The van der Waals surface area contributed by atoms with Gasteiger partial charge in [0.05, 0.1) is 0 Å². The Morgan fingerprint density at radius 3 is 1.17 bits per heavy atom. The first-order valence-corrected chi connectivity index (χ1v) is 2.41. The van der Waals surface area contributed by atoms with E-state index in [4.69, 9.17) is 0 Å². The number of rotatable bonds is 1. The van der Waals surface area contributed by atoms with E-state index in [1.54, 1.807) is 0 Å². The minimum Gasteiger partial charge on any atom is -0.106 e. The van der Waals surface area contributed by atoms with Crippen LogP contribution in [0.3, 0.4) is 0 Å². The van der Waals surface area contributed by atoms with Crippen LogP contribution in [0, 0.1) is 0 Å². The molecular weight excluding hydrogens is 72.1 g/mol. The molecular formula is C6H14. The summed E-state index contributed by atoms with van der Waals surface area (Å²) in [6.45, 7) is 10.4. The lowest BCUT2D eigenvalue weighted by Crippen LogP contribution is -1.47. The highest BCUT2D eigenvalue weighted by molar-refractivity contribution is 4.22. The fourth-order valence-corrected chi connectivity index (χ4v) is 0. The Morgan fingerprint density at radius 2 is 1.17 bits per heavy atom. The minimum absolute atomic E-state index is 1.32. The van der Waals surface area contributed by atoms with E-state index in [2.05, 4.69) is 27.0 Å². The summed E-state index contributed by atoms with van der Waals surface area (Å²) in [6.07, 6.45) is 2.64. The van der Waals surface area contributed by atoms with E-state index in [9.17, 15) is 0 Å². The number of hydrogen-bond acceptors (Lipinski definition) is 0. The molecule has 0 saturated heterocycles. The lowest BCUT2D eigenvalue weighted by Gasteiger charge is -1.68. The first-order chi connectivity index (χ1) is 2.91. The second-order valence-corrected chi connectivity index (χ2v) is 1.000. The van der Waals surface area contributed by atoms with Crippen LogP contribution in [0.15, 0.2) is 13.2 Å². The molecule has 0 aliphatic carbocycles. The zero-order chi connectivity index (χ0) is 5.41. The normalized spacial score (nSPS) is 5.67. The third kappa shape index (κ3) is 51.3. The smallest absolute Gasteiger partial charge is 0.0564 e. The van der Waals surface area contributed by atoms with Crippen LogP contribution >= 0.6 is 0 Å². The lowest BCUT2D eigenvalue weighted by atomic mass is 10.4. The average molecular weight is 86.2 g/mol. The van der Waals surface area contributed by atoms with Crippen LogP contribution in [0.25, 0.3) is 0 Å². The van der Waals surface area contributed by atoms with Gasteiger partial charge in [-0.15, -0.1) is 13.2 Å². The summed E-state index contributed by atoms with van der Waals surface area (Å²) in [4.78, 5) is 0. The molecule has 0 aliphatic rings. The summed E-state index contributed by atoms with van der Waals surface area (Å²) < 4.78 is 0. The molecule has 0 bridgehead atoms. The Labute approximate surface area is 40.9 Å². The van der Waals surface area contributed by atoms with Gasteiger partial charge in [0.25, 0.3) is 0 Å². The summed E-state index contributed by atoms with van der Waals surface area (Å²) in [7, 11) is 0. The van der Waals surface area contributed by atoms with E-state index in [1.165, 1.54) is 12.8 Å². The molecule has 0 spiro atoms. The van der Waals surface area contributed by atoms with Crippen LogP contribution in [-0.2, 0) is 0 Å². The zero-order valence-electron chi connectivity index (χ0n) is 4.83. The van der Waals surface area contributed by atoms with E-state index in [0.717, 1.165) is 0 Å². The van der Waals surface area contributed by atoms with Crippen molar-refractivity contribution >= 4 is 0 Å². The predicted molar refractivity (Wildman–Crippen MR) is 31.8 cm³/mol.